The molecule has 3 amide bonds. The molecule has 1 unspecified atom stereocenters. The van der Waals surface area contributed by atoms with Gasteiger partial charge < -0.3 is 4.74 Å². The highest BCUT2D eigenvalue weighted by Gasteiger charge is 2.41. The summed E-state index contributed by atoms with van der Waals surface area (Å²) in [6.45, 7) is 0. The molecular formula is C20H15ClN4O6S. The highest BCUT2D eigenvalue weighted by molar-refractivity contribution is 7.21. The van der Waals surface area contributed by atoms with Crippen LogP contribution in [0.3, 0.4) is 0 Å². The number of methoxy groups -OCH3 is 1. The van der Waals surface area contributed by atoms with Crippen LogP contribution < -0.4 is 20.5 Å². The number of anilines is 1. The van der Waals surface area contributed by atoms with Crippen molar-refractivity contribution in [1.29, 1.82) is 0 Å². The van der Waals surface area contributed by atoms with Crippen molar-refractivity contribution in [3.8, 4) is 5.75 Å². The fraction of sp³-hybridized carbons (Fsp3) is 0.150. The molecule has 2 N–H and O–H groups in total. The van der Waals surface area contributed by atoms with Crippen molar-refractivity contribution < 1.29 is 24.0 Å². The Labute approximate surface area is 189 Å². The molecule has 0 spiro atoms. The summed E-state index contributed by atoms with van der Waals surface area (Å²) < 4.78 is 5.98. The number of carbonyl (C=O) groups excluding carboxylic acids is 3. The number of rotatable bonds is 6. The molecule has 12 heteroatoms. The molecule has 4 rings (SSSR count). The standard InChI is InChI=1S/C20H15ClN4O6S/c1-31-14-7-6-10(25(29)30)8-13(14)24-16(26)9-12(20(24)28)22-23-19(27)18-17(21)11-4-2-3-5-15(11)32-18/h2-8,12,22H,9H2,1H3,(H,23,27). The third-order valence-corrected chi connectivity index (χ3v) is 6.54. The van der Waals surface area contributed by atoms with Crippen LogP contribution in [0, 0.1) is 10.1 Å². The quantitative estimate of drug-likeness (QED) is 0.319. The van der Waals surface area contributed by atoms with E-state index < -0.39 is 28.7 Å². The number of nitrogens with one attached hydrogen (secondary N) is 2. The van der Waals surface area contributed by atoms with Gasteiger partial charge in [-0.3, -0.25) is 29.9 Å². The van der Waals surface area contributed by atoms with Gasteiger partial charge in [-0.05, 0) is 12.1 Å². The van der Waals surface area contributed by atoms with Crippen LogP contribution >= 0.6 is 22.9 Å². The van der Waals surface area contributed by atoms with Crippen LogP contribution in [0.15, 0.2) is 42.5 Å². The minimum Gasteiger partial charge on any atom is -0.495 e. The predicted octanol–water partition coefficient (Wildman–Crippen LogP) is 3.04. The fourth-order valence-electron chi connectivity index (χ4n) is 3.33. The summed E-state index contributed by atoms with van der Waals surface area (Å²) in [5.41, 5.74) is 4.65. The van der Waals surface area contributed by atoms with E-state index >= 15 is 0 Å². The lowest BCUT2D eigenvalue weighted by atomic mass is 10.2. The first-order chi connectivity index (χ1) is 15.3. The Morgan fingerprint density at radius 2 is 2.03 bits per heavy atom. The minimum absolute atomic E-state index is 0.0418. The van der Waals surface area contributed by atoms with Gasteiger partial charge in [0, 0.05) is 22.2 Å². The third kappa shape index (κ3) is 3.77. The molecule has 32 heavy (non-hydrogen) atoms. The molecule has 10 nitrogen and oxygen atoms in total. The SMILES string of the molecule is COc1ccc([N+](=O)[O-])cc1N1C(=O)CC(NNC(=O)c2sc3ccccc3c2Cl)C1=O. The van der Waals surface area contributed by atoms with Crippen LogP contribution in [0.25, 0.3) is 10.1 Å². The molecule has 3 aromatic rings. The average Bonchev–Trinajstić information content (AvgIpc) is 3.27. The smallest absolute Gasteiger partial charge is 0.277 e. The molecule has 164 valence electrons. The number of benzene rings is 2. The molecule has 1 aromatic heterocycles. The second-order valence-corrected chi connectivity index (χ2v) is 8.21. The molecule has 1 atom stereocenters. The fourth-order valence-corrected chi connectivity index (χ4v) is 4.75. The monoisotopic (exact) mass is 474 g/mol. The van der Waals surface area contributed by atoms with E-state index in [2.05, 4.69) is 10.9 Å². The van der Waals surface area contributed by atoms with Crippen LogP contribution in [0.2, 0.25) is 5.02 Å². The van der Waals surface area contributed by atoms with Crippen LogP contribution in [-0.2, 0) is 9.59 Å². The van der Waals surface area contributed by atoms with Crippen molar-refractivity contribution in [2.75, 3.05) is 12.0 Å². The Morgan fingerprint density at radius 1 is 1.28 bits per heavy atom. The summed E-state index contributed by atoms with van der Waals surface area (Å²) in [7, 11) is 1.32. The number of thiophene rings is 1. The topological polar surface area (TPSA) is 131 Å². The maximum absolute atomic E-state index is 12.9. The van der Waals surface area contributed by atoms with E-state index in [0.29, 0.717) is 5.02 Å². The van der Waals surface area contributed by atoms with Crippen molar-refractivity contribution in [3.05, 3.63) is 62.5 Å². The third-order valence-electron chi connectivity index (χ3n) is 4.86. The summed E-state index contributed by atoms with van der Waals surface area (Å²) >= 11 is 7.50. The number of nitrogens with zero attached hydrogens (tertiary/aromatic N) is 2. The number of nitro benzene ring substituents is 1. The van der Waals surface area contributed by atoms with Gasteiger partial charge >= 0.3 is 0 Å². The van der Waals surface area contributed by atoms with Crippen molar-refractivity contribution in [2.45, 2.75) is 12.5 Å². The molecule has 0 aliphatic carbocycles. The lowest BCUT2D eigenvalue weighted by Gasteiger charge is -2.18. The number of imide groups is 1. The number of hydrogen-bond acceptors (Lipinski definition) is 8. The van der Waals surface area contributed by atoms with Gasteiger partial charge in [-0.25, -0.2) is 10.3 Å². The molecule has 1 aliphatic rings. The number of hydrogen-bond donors (Lipinski definition) is 2. The first-order valence-corrected chi connectivity index (χ1v) is 10.4. The van der Waals surface area contributed by atoms with Gasteiger partial charge in [0.15, 0.2) is 0 Å². The van der Waals surface area contributed by atoms with E-state index in [1.54, 1.807) is 12.1 Å². The maximum Gasteiger partial charge on any atom is 0.277 e. The molecule has 1 saturated heterocycles. The number of halogens is 1. The second kappa shape index (κ2) is 8.54. The van der Waals surface area contributed by atoms with Gasteiger partial charge in [0.2, 0.25) is 5.91 Å². The Balaban J connectivity index is 1.52. The van der Waals surface area contributed by atoms with Gasteiger partial charge in [0.05, 0.1) is 23.5 Å². The maximum atomic E-state index is 12.9. The van der Waals surface area contributed by atoms with Gasteiger partial charge in [0.1, 0.15) is 22.4 Å². The van der Waals surface area contributed by atoms with Crippen molar-refractivity contribution in [3.63, 3.8) is 0 Å². The van der Waals surface area contributed by atoms with Gasteiger partial charge in [-0.1, -0.05) is 29.8 Å². The van der Waals surface area contributed by atoms with Gasteiger partial charge in [-0.15, -0.1) is 11.3 Å². The lowest BCUT2D eigenvalue weighted by Crippen LogP contribution is -2.48. The Bertz CT molecular complexity index is 1280. The van der Waals surface area contributed by atoms with Crippen molar-refractivity contribution >= 4 is 62.1 Å². The molecule has 2 heterocycles. The number of carbonyl (C=O) groups is 3. The molecule has 1 fully saturated rings. The molecule has 2 aromatic carbocycles. The van der Waals surface area contributed by atoms with E-state index in [4.69, 9.17) is 16.3 Å². The minimum atomic E-state index is -1.07. The zero-order valence-electron chi connectivity index (χ0n) is 16.5. The first-order valence-electron chi connectivity index (χ1n) is 9.24. The number of hydrazine groups is 1. The number of amides is 3. The predicted molar refractivity (Wildman–Crippen MR) is 118 cm³/mol. The number of fused-ring (bicyclic) bond motifs is 1. The average molecular weight is 475 g/mol. The van der Waals surface area contributed by atoms with E-state index in [1.807, 2.05) is 12.1 Å². The van der Waals surface area contributed by atoms with E-state index in [1.165, 1.54) is 30.6 Å². The number of nitro groups is 1. The summed E-state index contributed by atoms with van der Waals surface area (Å²) in [4.78, 5) is 49.5. The second-order valence-electron chi connectivity index (χ2n) is 6.78. The van der Waals surface area contributed by atoms with E-state index in [9.17, 15) is 24.5 Å². The van der Waals surface area contributed by atoms with Gasteiger partial charge in [0.25, 0.3) is 17.5 Å². The Hall–Kier alpha value is -3.54. The number of ether oxygens (including phenoxy) is 1. The molecule has 0 radical (unpaired) electrons. The zero-order valence-corrected chi connectivity index (χ0v) is 18.0. The normalized spacial score (nSPS) is 15.9. The lowest BCUT2D eigenvalue weighted by molar-refractivity contribution is -0.384. The van der Waals surface area contributed by atoms with Crippen molar-refractivity contribution in [2.24, 2.45) is 0 Å². The largest absolute Gasteiger partial charge is 0.495 e. The Kier molecular flexibility index (Phi) is 5.78. The van der Waals surface area contributed by atoms with Gasteiger partial charge in [-0.2, -0.15) is 0 Å². The van der Waals surface area contributed by atoms with Crippen LogP contribution in [-0.4, -0.2) is 35.8 Å². The Morgan fingerprint density at radius 3 is 2.72 bits per heavy atom. The van der Waals surface area contributed by atoms with Crippen LogP contribution in [0.4, 0.5) is 11.4 Å². The summed E-state index contributed by atoms with van der Waals surface area (Å²) in [5, 5.41) is 12.1. The van der Waals surface area contributed by atoms with Crippen LogP contribution in [0.5, 0.6) is 5.75 Å². The van der Waals surface area contributed by atoms with Crippen LogP contribution in [0.1, 0.15) is 16.1 Å². The summed E-state index contributed by atoms with van der Waals surface area (Å²) in [5.74, 6) is -1.71. The molecule has 0 bridgehead atoms. The summed E-state index contributed by atoms with van der Waals surface area (Å²) in [6.07, 6.45) is -0.259. The van der Waals surface area contributed by atoms with Crippen molar-refractivity contribution in [1.82, 2.24) is 10.9 Å². The summed E-state index contributed by atoms with van der Waals surface area (Å²) in [6, 6.07) is 9.80. The molecule has 0 saturated carbocycles. The number of non-ortho nitro benzene ring substituents is 1. The zero-order chi connectivity index (χ0) is 23.0. The first kappa shape index (κ1) is 21.7. The highest BCUT2D eigenvalue weighted by atomic mass is 35.5. The van der Waals surface area contributed by atoms with E-state index in [-0.39, 0.29) is 28.4 Å². The molecular weight excluding hydrogens is 460 g/mol. The van der Waals surface area contributed by atoms with E-state index in [0.717, 1.165) is 21.1 Å². The highest BCUT2D eigenvalue weighted by Crippen LogP contribution is 2.36. The molecule has 1 aliphatic heterocycles.